The van der Waals surface area contributed by atoms with E-state index in [-0.39, 0.29) is 0 Å². The third-order valence-electron chi connectivity index (χ3n) is 2.41. The van der Waals surface area contributed by atoms with Crippen molar-refractivity contribution in [3.8, 4) is 0 Å². The zero-order valence-electron chi connectivity index (χ0n) is 10.0. The minimum absolute atomic E-state index is 0.340. The summed E-state index contributed by atoms with van der Waals surface area (Å²) in [4.78, 5) is 4.30. The lowest BCUT2D eigenvalue weighted by atomic mass is 10.3. The molecule has 0 radical (unpaired) electrons. The van der Waals surface area contributed by atoms with E-state index < -0.39 is 6.10 Å². The molecule has 0 amide bonds. The van der Waals surface area contributed by atoms with Gasteiger partial charge in [0, 0.05) is 24.3 Å². The van der Waals surface area contributed by atoms with Gasteiger partial charge < -0.3 is 15.2 Å². The minimum atomic E-state index is -0.464. The number of methoxy groups -OCH3 is 1. The number of nitrogens with zero attached hydrogens (tertiary/aromatic N) is 3. The van der Waals surface area contributed by atoms with Crippen molar-refractivity contribution in [3.05, 3.63) is 22.8 Å². The summed E-state index contributed by atoms with van der Waals surface area (Å²) in [6, 6.07) is 3.79. The van der Waals surface area contributed by atoms with Gasteiger partial charge in [-0.25, -0.2) is 4.52 Å². The SMILES string of the molecule is COCC(O)CCNc1nc2ccc(Br)cn2n1. The molecule has 18 heavy (non-hydrogen) atoms. The van der Waals surface area contributed by atoms with Gasteiger partial charge >= 0.3 is 0 Å². The molecule has 2 N–H and O–H groups in total. The quantitative estimate of drug-likeness (QED) is 0.841. The molecule has 2 rings (SSSR count). The molecule has 0 spiro atoms. The van der Waals surface area contributed by atoms with E-state index in [1.807, 2.05) is 18.3 Å². The molecule has 0 aliphatic rings. The van der Waals surface area contributed by atoms with E-state index in [1.54, 1.807) is 11.6 Å². The number of hydrogen-bond donors (Lipinski definition) is 2. The Morgan fingerprint density at radius 2 is 2.39 bits per heavy atom. The first-order valence-electron chi connectivity index (χ1n) is 5.62. The number of aromatic nitrogens is 3. The molecule has 0 bridgehead atoms. The van der Waals surface area contributed by atoms with E-state index in [1.165, 1.54) is 0 Å². The minimum Gasteiger partial charge on any atom is -0.391 e. The maximum Gasteiger partial charge on any atom is 0.243 e. The van der Waals surface area contributed by atoms with E-state index >= 15 is 0 Å². The fourth-order valence-electron chi connectivity index (χ4n) is 1.56. The lowest BCUT2D eigenvalue weighted by Crippen LogP contribution is -2.18. The van der Waals surface area contributed by atoms with Gasteiger partial charge in [-0.15, -0.1) is 5.10 Å². The monoisotopic (exact) mass is 314 g/mol. The molecular formula is C11H15BrN4O2. The van der Waals surface area contributed by atoms with Crippen LogP contribution in [0.15, 0.2) is 22.8 Å². The molecule has 1 unspecified atom stereocenters. The van der Waals surface area contributed by atoms with Gasteiger partial charge in [0.25, 0.3) is 0 Å². The molecule has 1 atom stereocenters. The van der Waals surface area contributed by atoms with E-state index in [9.17, 15) is 5.11 Å². The Hall–Kier alpha value is -1.18. The fraction of sp³-hybridized carbons (Fsp3) is 0.455. The van der Waals surface area contributed by atoms with Crippen molar-refractivity contribution >= 4 is 27.5 Å². The molecule has 2 aromatic heterocycles. The highest BCUT2D eigenvalue weighted by Gasteiger charge is 2.05. The van der Waals surface area contributed by atoms with Crippen LogP contribution in [0.3, 0.4) is 0 Å². The first-order chi connectivity index (χ1) is 8.69. The molecule has 7 heteroatoms. The van der Waals surface area contributed by atoms with Crippen LogP contribution in [0.4, 0.5) is 5.95 Å². The smallest absolute Gasteiger partial charge is 0.243 e. The van der Waals surface area contributed by atoms with Crippen molar-refractivity contribution in [1.29, 1.82) is 0 Å². The van der Waals surface area contributed by atoms with Gasteiger partial charge in [0.15, 0.2) is 5.65 Å². The van der Waals surface area contributed by atoms with Gasteiger partial charge in [-0.05, 0) is 34.5 Å². The second kappa shape index (κ2) is 6.12. The highest BCUT2D eigenvalue weighted by atomic mass is 79.9. The Kier molecular flexibility index (Phi) is 4.51. The number of nitrogens with one attached hydrogen (secondary N) is 1. The Morgan fingerprint density at radius 3 is 3.17 bits per heavy atom. The van der Waals surface area contributed by atoms with Crippen LogP contribution >= 0.6 is 15.9 Å². The van der Waals surface area contributed by atoms with Crippen molar-refractivity contribution < 1.29 is 9.84 Å². The number of pyridine rings is 1. The number of fused-ring (bicyclic) bond motifs is 1. The summed E-state index contributed by atoms with van der Waals surface area (Å²) in [6.07, 6.45) is 1.97. The average Bonchev–Trinajstić information content (AvgIpc) is 2.71. The molecule has 0 saturated carbocycles. The molecule has 6 nitrogen and oxygen atoms in total. The lowest BCUT2D eigenvalue weighted by molar-refractivity contribution is 0.0615. The average molecular weight is 315 g/mol. The van der Waals surface area contributed by atoms with Crippen molar-refractivity contribution in [2.45, 2.75) is 12.5 Å². The van der Waals surface area contributed by atoms with E-state index in [0.29, 0.717) is 25.5 Å². The number of hydrogen-bond acceptors (Lipinski definition) is 5. The second-order valence-electron chi connectivity index (χ2n) is 3.91. The summed E-state index contributed by atoms with van der Waals surface area (Å²) in [5.74, 6) is 0.553. The largest absolute Gasteiger partial charge is 0.391 e. The van der Waals surface area contributed by atoms with Crippen molar-refractivity contribution in [2.24, 2.45) is 0 Å². The summed E-state index contributed by atoms with van der Waals surface area (Å²) < 4.78 is 7.49. The third kappa shape index (κ3) is 3.41. The number of aliphatic hydroxyl groups is 1. The van der Waals surface area contributed by atoms with Gasteiger partial charge in [0.05, 0.1) is 12.7 Å². The van der Waals surface area contributed by atoms with Crippen LogP contribution in [0.1, 0.15) is 6.42 Å². The Bertz CT molecular complexity index is 517. The molecule has 2 heterocycles. The number of aliphatic hydroxyl groups excluding tert-OH is 1. The summed E-state index contributed by atoms with van der Waals surface area (Å²) >= 11 is 3.37. The summed E-state index contributed by atoms with van der Waals surface area (Å²) in [6.45, 7) is 0.940. The number of anilines is 1. The van der Waals surface area contributed by atoms with Gasteiger partial charge in [-0.1, -0.05) is 0 Å². The van der Waals surface area contributed by atoms with Crippen molar-refractivity contribution in [3.63, 3.8) is 0 Å². The number of rotatable bonds is 6. The fourth-order valence-corrected chi connectivity index (χ4v) is 1.89. The second-order valence-corrected chi connectivity index (χ2v) is 4.83. The molecular weight excluding hydrogens is 300 g/mol. The Balaban J connectivity index is 1.92. The van der Waals surface area contributed by atoms with Crippen LogP contribution < -0.4 is 5.32 Å². The third-order valence-corrected chi connectivity index (χ3v) is 2.88. The number of ether oxygens (including phenoxy) is 1. The van der Waals surface area contributed by atoms with E-state index in [2.05, 4.69) is 31.3 Å². The molecule has 0 saturated heterocycles. The first-order valence-corrected chi connectivity index (χ1v) is 6.41. The zero-order valence-corrected chi connectivity index (χ0v) is 11.6. The normalized spacial score (nSPS) is 12.8. The molecule has 2 aromatic rings. The molecule has 0 aliphatic heterocycles. The molecule has 0 fully saturated rings. The van der Waals surface area contributed by atoms with Gasteiger partial charge in [-0.3, -0.25) is 0 Å². The standard InChI is InChI=1S/C11H15BrN4O2/c1-18-7-9(17)4-5-13-11-14-10-3-2-8(12)6-16(10)15-11/h2-3,6,9,17H,4-5,7H2,1H3,(H,13,15). The molecule has 98 valence electrons. The highest BCUT2D eigenvalue weighted by Crippen LogP contribution is 2.12. The van der Waals surface area contributed by atoms with Crippen LogP contribution in [0, 0.1) is 0 Å². The predicted octanol–water partition coefficient (Wildman–Crippen LogP) is 1.30. The van der Waals surface area contributed by atoms with E-state index in [4.69, 9.17) is 4.74 Å². The van der Waals surface area contributed by atoms with Crippen molar-refractivity contribution in [2.75, 3.05) is 25.6 Å². The zero-order chi connectivity index (χ0) is 13.0. The summed E-state index contributed by atoms with van der Waals surface area (Å²) in [5.41, 5.74) is 0.776. The van der Waals surface area contributed by atoms with Crippen LogP contribution in [-0.2, 0) is 4.74 Å². The first kappa shape index (κ1) is 13.3. The summed E-state index contributed by atoms with van der Waals surface area (Å²) in [5, 5.41) is 16.8. The lowest BCUT2D eigenvalue weighted by Gasteiger charge is -2.08. The van der Waals surface area contributed by atoms with Crippen LogP contribution in [-0.4, -0.2) is 46.1 Å². The van der Waals surface area contributed by atoms with Gasteiger partial charge in [0.1, 0.15) is 0 Å². The van der Waals surface area contributed by atoms with Crippen LogP contribution in [0.5, 0.6) is 0 Å². The molecule has 0 aliphatic carbocycles. The summed E-state index contributed by atoms with van der Waals surface area (Å²) in [7, 11) is 1.57. The number of halogens is 1. The highest BCUT2D eigenvalue weighted by molar-refractivity contribution is 9.10. The van der Waals surface area contributed by atoms with Crippen LogP contribution in [0.25, 0.3) is 5.65 Å². The van der Waals surface area contributed by atoms with E-state index in [0.717, 1.165) is 10.1 Å². The Labute approximate surface area is 113 Å². The maximum absolute atomic E-state index is 9.49. The topological polar surface area (TPSA) is 71.7 Å². The maximum atomic E-state index is 9.49. The molecule has 0 aromatic carbocycles. The van der Waals surface area contributed by atoms with Gasteiger partial charge in [0.2, 0.25) is 5.95 Å². The van der Waals surface area contributed by atoms with Crippen LogP contribution in [0.2, 0.25) is 0 Å². The van der Waals surface area contributed by atoms with Gasteiger partial charge in [-0.2, -0.15) is 4.98 Å². The predicted molar refractivity (Wildman–Crippen MR) is 71.7 cm³/mol. The van der Waals surface area contributed by atoms with Crippen molar-refractivity contribution in [1.82, 2.24) is 14.6 Å². The Morgan fingerprint density at radius 1 is 1.56 bits per heavy atom.